The average molecular weight is 823 g/mol. The molecular weight excluding hydrogens is 760 g/mol. The van der Waals surface area contributed by atoms with E-state index in [1.54, 1.807) is 0 Å². The smallest absolute Gasteiger partial charge is 0.335 e. The van der Waals surface area contributed by atoms with Crippen LogP contribution in [0.3, 0.4) is 0 Å². The average Bonchev–Trinajstić information content (AvgIpc) is 3.13. The molecule has 0 aromatic carbocycles. The second kappa shape index (κ2) is 14.3. The first kappa shape index (κ1) is 43.5. The minimum atomic E-state index is -2.05. The van der Waals surface area contributed by atoms with Gasteiger partial charge in [0.25, 0.3) is 0 Å². The van der Waals surface area contributed by atoms with E-state index in [9.17, 15) is 60.0 Å². The van der Waals surface area contributed by atoms with Gasteiger partial charge >= 0.3 is 17.9 Å². The highest BCUT2D eigenvalue weighted by Gasteiger charge is 2.71. The summed E-state index contributed by atoms with van der Waals surface area (Å²) >= 11 is 0. The number of carbonyl (C=O) groups excluding carboxylic acids is 1. The van der Waals surface area contributed by atoms with E-state index in [1.165, 1.54) is 0 Å². The highest BCUT2D eigenvalue weighted by atomic mass is 16.8. The van der Waals surface area contributed by atoms with E-state index >= 15 is 0 Å². The molecule has 2 aliphatic heterocycles. The number of aliphatic carboxylic acids is 3. The molecule has 19 atom stereocenters. The first-order valence-corrected chi connectivity index (χ1v) is 20.7. The molecular formula is C42H62O16. The van der Waals surface area contributed by atoms with Crippen LogP contribution in [0.4, 0.5) is 0 Å². The van der Waals surface area contributed by atoms with Crippen LogP contribution in [0.15, 0.2) is 11.6 Å². The van der Waals surface area contributed by atoms with Crippen LogP contribution in [0.2, 0.25) is 0 Å². The largest absolute Gasteiger partial charge is 0.481 e. The number of aliphatic hydroxyl groups is 5. The molecule has 16 heteroatoms. The van der Waals surface area contributed by atoms with Gasteiger partial charge in [-0.3, -0.25) is 9.59 Å². The minimum absolute atomic E-state index is 0.0217. The maximum absolute atomic E-state index is 14.8. The predicted molar refractivity (Wildman–Crippen MR) is 199 cm³/mol. The van der Waals surface area contributed by atoms with E-state index in [2.05, 4.69) is 27.7 Å². The lowest BCUT2D eigenvalue weighted by atomic mass is 9.33. The third kappa shape index (κ3) is 6.25. The van der Waals surface area contributed by atoms with Gasteiger partial charge in [0, 0.05) is 5.92 Å². The number of carboxylic acid groups (broad SMARTS) is 3. The van der Waals surface area contributed by atoms with Crippen molar-refractivity contribution in [3.05, 3.63) is 11.6 Å². The molecule has 2 unspecified atom stereocenters. The van der Waals surface area contributed by atoms with Gasteiger partial charge in [-0.1, -0.05) is 47.1 Å². The van der Waals surface area contributed by atoms with Crippen LogP contribution in [0, 0.1) is 50.2 Å². The quantitative estimate of drug-likeness (QED) is 0.171. The first-order valence-electron chi connectivity index (χ1n) is 20.7. The number of carbonyl (C=O) groups is 4. The van der Waals surface area contributed by atoms with Crippen molar-refractivity contribution in [2.45, 2.75) is 174 Å². The number of aliphatic hydroxyl groups excluding tert-OH is 5. The van der Waals surface area contributed by atoms with E-state index in [0.717, 1.165) is 37.7 Å². The lowest BCUT2D eigenvalue weighted by Gasteiger charge is -2.70. The Kier molecular flexibility index (Phi) is 10.7. The summed E-state index contributed by atoms with van der Waals surface area (Å²) in [6, 6.07) is 0. The molecule has 4 saturated carbocycles. The number of ether oxygens (including phenoxy) is 4. The van der Waals surface area contributed by atoms with Crippen LogP contribution in [0.25, 0.3) is 0 Å². The van der Waals surface area contributed by atoms with Gasteiger partial charge in [0.2, 0.25) is 0 Å². The highest BCUT2D eigenvalue weighted by Crippen LogP contribution is 2.75. The first-order chi connectivity index (χ1) is 26.8. The number of carboxylic acids is 3. The molecule has 5 aliphatic carbocycles. The summed E-state index contributed by atoms with van der Waals surface area (Å²) in [5.41, 5.74) is -1.81. The third-order valence-corrected chi connectivity index (χ3v) is 17.2. The van der Waals surface area contributed by atoms with Gasteiger partial charge in [0.1, 0.15) is 36.6 Å². The van der Waals surface area contributed by atoms with Gasteiger partial charge in [-0.15, -0.1) is 0 Å². The molecule has 2 heterocycles. The van der Waals surface area contributed by atoms with Crippen LogP contribution in [0.1, 0.15) is 106 Å². The fourth-order valence-electron chi connectivity index (χ4n) is 13.4. The molecule has 2 saturated heterocycles. The Hall–Kier alpha value is -2.54. The molecule has 0 bridgehead atoms. The fraction of sp³-hybridized carbons (Fsp3) is 0.857. The molecule has 7 aliphatic rings. The second-order valence-corrected chi connectivity index (χ2v) is 20.6. The molecule has 58 heavy (non-hydrogen) atoms. The molecule has 6 fully saturated rings. The maximum atomic E-state index is 14.8. The molecule has 0 spiro atoms. The van der Waals surface area contributed by atoms with Crippen LogP contribution >= 0.6 is 0 Å². The normalized spacial score (nSPS) is 52.6. The van der Waals surface area contributed by atoms with Gasteiger partial charge < -0.3 is 59.8 Å². The molecule has 8 N–H and O–H groups in total. The van der Waals surface area contributed by atoms with Crippen LogP contribution < -0.4 is 0 Å². The van der Waals surface area contributed by atoms with Crippen LogP contribution in [-0.4, -0.2) is 132 Å². The predicted octanol–water partition coefficient (Wildman–Crippen LogP) is 2.25. The lowest BCUT2D eigenvalue weighted by molar-refractivity contribution is -0.371. The van der Waals surface area contributed by atoms with Crippen molar-refractivity contribution in [1.82, 2.24) is 0 Å². The van der Waals surface area contributed by atoms with Gasteiger partial charge in [-0.25, -0.2) is 9.59 Å². The van der Waals surface area contributed by atoms with Crippen molar-refractivity contribution in [3.63, 3.8) is 0 Å². The van der Waals surface area contributed by atoms with Crippen molar-refractivity contribution in [1.29, 1.82) is 0 Å². The minimum Gasteiger partial charge on any atom is -0.481 e. The summed E-state index contributed by atoms with van der Waals surface area (Å²) in [5.74, 6) is -4.47. The SMILES string of the molecule is CC1(C)C2CC[C@]3(C)[C@H](C(=O)C=C4C5C[C@@](C)(C(=O)O)CC[C@]5(C)CC[C@]43C)[C@@]2(C)CC[C@@H]1O[C@@H]1O[C@H](C(=O)O)[C@@H](O)[C@H](O)[C@H]1O[C@@H]1O[C@H](C(=O)O)[C@@H](O)[C@H](O)[C@H]1O. The van der Waals surface area contributed by atoms with Gasteiger partial charge in [-0.2, -0.15) is 0 Å². The van der Waals surface area contributed by atoms with E-state index in [0.29, 0.717) is 25.7 Å². The van der Waals surface area contributed by atoms with Crippen molar-refractivity contribution in [2.24, 2.45) is 50.2 Å². The number of fused-ring (bicyclic) bond motifs is 7. The summed E-state index contributed by atoms with van der Waals surface area (Å²) < 4.78 is 23.4. The molecule has 326 valence electrons. The molecule has 0 aromatic heterocycles. The zero-order chi connectivity index (χ0) is 42.9. The Labute approximate surface area is 337 Å². The summed E-state index contributed by atoms with van der Waals surface area (Å²) in [6.45, 7) is 14.8. The van der Waals surface area contributed by atoms with Gasteiger partial charge in [0.15, 0.2) is 30.6 Å². The van der Waals surface area contributed by atoms with E-state index in [1.807, 2.05) is 26.8 Å². The summed E-state index contributed by atoms with van der Waals surface area (Å²) in [5, 5.41) is 83.0. The molecule has 16 nitrogen and oxygen atoms in total. The number of hydrogen-bond donors (Lipinski definition) is 8. The lowest BCUT2D eigenvalue weighted by Crippen LogP contribution is -2.68. The van der Waals surface area contributed by atoms with Crippen LogP contribution in [-0.2, 0) is 38.1 Å². The van der Waals surface area contributed by atoms with Crippen molar-refractivity contribution in [3.8, 4) is 0 Å². The van der Waals surface area contributed by atoms with Gasteiger partial charge in [0.05, 0.1) is 11.5 Å². The summed E-state index contributed by atoms with van der Waals surface area (Å²) in [7, 11) is 0. The highest BCUT2D eigenvalue weighted by molar-refractivity contribution is 5.95. The fourth-order valence-corrected chi connectivity index (χ4v) is 13.4. The topological polar surface area (TPSA) is 267 Å². The number of rotatable bonds is 7. The zero-order valence-corrected chi connectivity index (χ0v) is 34.4. The molecule has 0 radical (unpaired) electrons. The maximum Gasteiger partial charge on any atom is 0.335 e. The molecule has 0 aromatic rings. The number of allylic oxidation sites excluding steroid dienone is 2. The van der Waals surface area contributed by atoms with Crippen molar-refractivity contribution < 1.29 is 79.0 Å². The number of hydrogen-bond acceptors (Lipinski definition) is 13. The van der Waals surface area contributed by atoms with Gasteiger partial charge in [-0.05, 0) is 110 Å². The Morgan fingerprint density at radius 2 is 1.28 bits per heavy atom. The molecule has 0 amide bonds. The van der Waals surface area contributed by atoms with Crippen molar-refractivity contribution >= 4 is 23.7 Å². The zero-order valence-electron chi connectivity index (χ0n) is 34.4. The van der Waals surface area contributed by atoms with E-state index in [-0.39, 0.29) is 34.4 Å². The molecule has 7 rings (SSSR count). The summed E-state index contributed by atoms with van der Waals surface area (Å²) in [6.07, 6.45) is -12.2. The Balaban J connectivity index is 1.17. The number of ketones is 1. The Morgan fingerprint density at radius 3 is 1.88 bits per heavy atom. The third-order valence-electron chi connectivity index (χ3n) is 17.2. The van der Waals surface area contributed by atoms with E-state index in [4.69, 9.17) is 18.9 Å². The Bertz CT molecular complexity index is 1730. The Morgan fingerprint density at radius 1 is 0.690 bits per heavy atom. The van der Waals surface area contributed by atoms with E-state index < -0.39 is 107 Å². The van der Waals surface area contributed by atoms with Crippen molar-refractivity contribution in [2.75, 3.05) is 0 Å². The summed E-state index contributed by atoms with van der Waals surface area (Å²) in [4.78, 5) is 51.3. The monoisotopic (exact) mass is 822 g/mol. The second-order valence-electron chi connectivity index (χ2n) is 20.6. The standard InChI is InChI=1S/C42H62O16/c1-37(2)21-8-11-42(7)31(20(43)16-18-19-17-39(4,36(53)54)13-12-38(19,3)14-15-41(18,42)6)40(21,5)10-9-22(37)55-35-30(26(47)25(46)29(57-35)33(51)52)58-34-27(48)23(44)24(45)28(56-34)32(49)50/h16,19,21-31,34-35,44-48H,8-15,17H2,1-7H3,(H,49,50)(H,51,52)(H,53,54)/t19?,21?,22-,23-,24-,25-,26-,27+,28-,29-,30+,31+,34-,35+,38+,39-,40-,41+,42+/m0/s1. The van der Waals surface area contributed by atoms with Crippen LogP contribution in [0.5, 0.6) is 0 Å².